The van der Waals surface area contributed by atoms with Crippen molar-refractivity contribution in [2.45, 2.75) is 310 Å². The van der Waals surface area contributed by atoms with E-state index in [9.17, 15) is 0 Å². The highest BCUT2D eigenvalue weighted by molar-refractivity contribution is 5.13. The van der Waals surface area contributed by atoms with E-state index in [1.54, 1.807) is 0 Å². The molecule has 0 amide bonds. The standard InChI is InChI=1S/C54H102N6O6/c1-16-19-22-25-28-31-34-61-58-49(4,5)37-43(38-50(58,6)7)64-46-55-47(65-44-39-51(8,9)59(52(10,11)40-44)62-35-32-29-26-23-20-17-2)57-48(56-46)66-45-41-53(12,13)60(54(14,15)42-45)63-36-33-30-27-24-21-18-3/h43-45H,16-42H2,1-15H3. The van der Waals surface area contributed by atoms with Crippen molar-refractivity contribution in [3.8, 4) is 18.0 Å². The third-order valence-electron chi connectivity index (χ3n) is 14.2. The highest BCUT2D eigenvalue weighted by atomic mass is 16.7. The molecule has 0 N–H and O–H groups in total. The third kappa shape index (κ3) is 17.5. The lowest BCUT2D eigenvalue weighted by Gasteiger charge is -2.53. The van der Waals surface area contributed by atoms with Crippen LogP contribution in [-0.4, -0.2) is 102 Å². The Morgan fingerprint density at radius 3 is 0.742 bits per heavy atom. The van der Waals surface area contributed by atoms with Gasteiger partial charge in [0, 0.05) is 71.8 Å². The van der Waals surface area contributed by atoms with Gasteiger partial charge in [-0.25, -0.2) is 0 Å². The molecule has 0 radical (unpaired) electrons. The minimum atomic E-state index is -0.273. The van der Waals surface area contributed by atoms with Gasteiger partial charge in [0.25, 0.3) is 0 Å². The summed E-state index contributed by atoms with van der Waals surface area (Å²) in [5.74, 6) is 0. The first-order valence-electron chi connectivity index (χ1n) is 27.1. The van der Waals surface area contributed by atoms with Gasteiger partial charge in [0.15, 0.2) is 0 Å². The van der Waals surface area contributed by atoms with Gasteiger partial charge in [-0.05, 0) is 102 Å². The summed E-state index contributed by atoms with van der Waals surface area (Å²) in [5.41, 5.74) is -1.64. The summed E-state index contributed by atoms with van der Waals surface area (Å²) >= 11 is 0. The summed E-state index contributed by atoms with van der Waals surface area (Å²) in [6.45, 7) is 36.0. The van der Waals surface area contributed by atoms with Crippen LogP contribution in [0.3, 0.4) is 0 Å². The Hall–Kier alpha value is -1.83. The Morgan fingerprint density at radius 2 is 0.530 bits per heavy atom. The molecule has 12 heteroatoms. The molecule has 0 bridgehead atoms. The van der Waals surface area contributed by atoms with Crippen molar-refractivity contribution in [2.24, 2.45) is 0 Å². The third-order valence-corrected chi connectivity index (χ3v) is 14.2. The largest absolute Gasteiger partial charge is 0.460 e. The molecule has 3 aliphatic rings. The molecule has 3 saturated heterocycles. The minimum Gasteiger partial charge on any atom is -0.460 e. The van der Waals surface area contributed by atoms with E-state index in [-0.39, 0.29) is 69.6 Å². The van der Waals surface area contributed by atoms with Crippen molar-refractivity contribution in [3.63, 3.8) is 0 Å². The van der Waals surface area contributed by atoms with Gasteiger partial charge >= 0.3 is 18.0 Å². The van der Waals surface area contributed by atoms with Crippen LogP contribution < -0.4 is 14.2 Å². The van der Waals surface area contributed by atoms with Gasteiger partial charge in [-0.1, -0.05) is 117 Å². The second kappa shape index (κ2) is 25.9. The Bertz CT molecular complexity index is 1290. The average molecular weight is 931 g/mol. The lowest BCUT2D eigenvalue weighted by Crippen LogP contribution is -2.62. The molecule has 0 unspecified atom stereocenters. The SMILES string of the molecule is CCCCCCCCON1C(C)(C)CC(Oc2nc(OC3CC(C)(C)N(OCCCCCCCC)C(C)(C)C3)nc(OC3CC(C)(C)N(OCCCCCCCC)C(C)(C)C3)n2)CC1(C)C. The van der Waals surface area contributed by atoms with Crippen LogP contribution in [0.4, 0.5) is 0 Å². The molecule has 384 valence electrons. The number of ether oxygens (including phenoxy) is 3. The maximum Gasteiger partial charge on any atom is 0.326 e. The van der Waals surface area contributed by atoms with Crippen molar-refractivity contribution in [1.29, 1.82) is 0 Å². The van der Waals surface area contributed by atoms with Crippen LogP contribution in [0, 0.1) is 0 Å². The number of aromatic nitrogens is 3. The van der Waals surface area contributed by atoms with E-state index in [1.807, 2.05) is 0 Å². The van der Waals surface area contributed by atoms with E-state index in [4.69, 9.17) is 43.7 Å². The first-order chi connectivity index (χ1) is 31.0. The monoisotopic (exact) mass is 931 g/mol. The van der Waals surface area contributed by atoms with E-state index in [2.05, 4.69) is 119 Å². The summed E-state index contributed by atoms with van der Waals surface area (Å²) in [5, 5.41) is 6.67. The summed E-state index contributed by atoms with van der Waals surface area (Å²) in [6.07, 6.45) is 26.4. The van der Waals surface area contributed by atoms with Crippen molar-refractivity contribution >= 4 is 0 Å². The van der Waals surface area contributed by atoms with Crippen LogP contribution in [0.5, 0.6) is 18.0 Å². The number of hydrogen-bond acceptors (Lipinski definition) is 12. The fourth-order valence-corrected chi connectivity index (χ4v) is 11.9. The fourth-order valence-electron chi connectivity index (χ4n) is 11.9. The van der Waals surface area contributed by atoms with E-state index in [0.29, 0.717) is 0 Å². The van der Waals surface area contributed by atoms with Crippen LogP contribution >= 0.6 is 0 Å². The fraction of sp³-hybridized carbons (Fsp3) is 0.944. The van der Waals surface area contributed by atoms with Crippen LogP contribution in [0.15, 0.2) is 0 Å². The highest BCUT2D eigenvalue weighted by Gasteiger charge is 2.50. The predicted molar refractivity (Wildman–Crippen MR) is 269 cm³/mol. The predicted octanol–water partition coefficient (Wildman–Crippen LogP) is 13.9. The van der Waals surface area contributed by atoms with Gasteiger partial charge in [0.05, 0.1) is 19.8 Å². The Morgan fingerprint density at radius 1 is 0.333 bits per heavy atom. The molecule has 3 fully saturated rings. The van der Waals surface area contributed by atoms with Crippen molar-refractivity contribution < 1.29 is 28.7 Å². The smallest absolute Gasteiger partial charge is 0.326 e. The number of rotatable bonds is 30. The molecular weight excluding hydrogens is 829 g/mol. The van der Waals surface area contributed by atoms with E-state index in [0.717, 1.165) is 77.6 Å². The molecule has 0 aromatic carbocycles. The lowest BCUT2D eigenvalue weighted by molar-refractivity contribution is -0.291. The zero-order valence-corrected chi connectivity index (χ0v) is 45.5. The normalized spacial score (nSPS) is 22.4. The average Bonchev–Trinajstić information content (AvgIpc) is 3.18. The molecule has 12 nitrogen and oxygen atoms in total. The Labute approximate surface area is 405 Å². The second-order valence-electron chi connectivity index (χ2n) is 24.2. The Kier molecular flexibility index (Phi) is 22.2. The second-order valence-corrected chi connectivity index (χ2v) is 24.2. The minimum absolute atomic E-state index is 0.151. The highest BCUT2D eigenvalue weighted by Crippen LogP contribution is 2.43. The molecule has 1 aromatic heterocycles. The zero-order chi connectivity index (χ0) is 48.7. The maximum atomic E-state index is 6.82. The molecule has 0 spiro atoms. The van der Waals surface area contributed by atoms with Crippen LogP contribution in [0.25, 0.3) is 0 Å². The van der Waals surface area contributed by atoms with Gasteiger partial charge in [-0.3, -0.25) is 14.5 Å². The number of hydrogen-bond donors (Lipinski definition) is 0. The summed E-state index contributed by atoms with van der Waals surface area (Å²) in [6, 6.07) is 0.721. The van der Waals surface area contributed by atoms with Crippen LogP contribution in [0.1, 0.15) is 258 Å². The van der Waals surface area contributed by atoms with Gasteiger partial charge < -0.3 is 14.2 Å². The molecule has 0 atom stereocenters. The number of hydroxylamine groups is 6. The molecular formula is C54H102N6O6. The molecule has 3 aliphatic heterocycles. The lowest BCUT2D eigenvalue weighted by atomic mass is 9.80. The van der Waals surface area contributed by atoms with E-state index < -0.39 is 0 Å². The number of nitrogens with zero attached hydrogens (tertiary/aromatic N) is 6. The Balaban J connectivity index is 1.51. The molecule has 1 aromatic rings. The molecule has 4 rings (SSSR count). The van der Waals surface area contributed by atoms with E-state index >= 15 is 0 Å². The molecule has 0 aliphatic carbocycles. The van der Waals surface area contributed by atoms with Gasteiger partial charge in [0.2, 0.25) is 0 Å². The summed E-state index contributed by atoms with van der Waals surface area (Å²) in [4.78, 5) is 34.4. The van der Waals surface area contributed by atoms with Crippen molar-refractivity contribution in [1.82, 2.24) is 30.1 Å². The summed E-state index contributed by atoms with van der Waals surface area (Å²) in [7, 11) is 0. The van der Waals surface area contributed by atoms with E-state index in [1.165, 1.54) is 96.3 Å². The van der Waals surface area contributed by atoms with Gasteiger partial charge in [-0.15, -0.1) is 15.0 Å². The van der Waals surface area contributed by atoms with Crippen LogP contribution in [-0.2, 0) is 14.5 Å². The number of piperidine rings is 3. The van der Waals surface area contributed by atoms with Crippen molar-refractivity contribution in [3.05, 3.63) is 0 Å². The molecule has 66 heavy (non-hydrogen) atoms. The first-order valence-corrected chi connectivity index (χ1v) is 27.1. The molecule has 0 saturated carbocycles. The van der Waals surface area contributed by atoms with Gasteiger partial charge in [-0.2, -0.15) is 15.2 Å². The quantitative estimate of drug-likeness (QED) is 0.0686. The topological polar surface area (TPSA) is 104 Å². The van der Waals surface area contributed by atoms with Crippen molar-refractivity contribution in [2.75, 3.05) is 19.8 Å². The van der Waals surface area contributed by atoms with Gasteiger partial charge in [0.1, 0.15) is 18.3 Å². The maximum absolute atomic E-state index is 6.82. The van der Waals surface area contributed by atoms with Crippen LogP contribution in [0.2, 0.25) is 0 Å². The number of unbranched alkanes of at least 4 members (excludes halogenated alkanes) is 15. The summed E-state index contributed by atoms with van der Waals surface area (Å²) < 4.78 is 20.5. The zero-order valence-electron chi connectivity index (χ0n) is 45.5. The first kappa shape index (κ1) is 56.8. The molecule has 4 heterocycles.